The molecule has 1 N–H and O–H groups in total. The Kier molecular flexibility index (Phi) is 4.95. The summed E-state index contributed by atoms with van der Waals surface area (Å²) in [6.45, 7) is 3.66. The molecule has 6 heteroatoms. The predicted octanol–water partition coefficient (Wildman–Crippen LogP) is 2.75. The van der Waals surface area contributed by atoms with Crippen molar-refractivity contribution in [3.05, 3.63) is 72.6 Å². The molecule has 134 valence electrons. The zero-order valence-corrected chi connectivity index (χ0v) is 14.9. The summed E-state index contributed by atoms with van der Waals surface area (Å²) in [5.41, 5.74) is 1.16. The Labute approximate surface area is 153 Å². The maximum absolute atomic E-state index is 6.08. The second kappa shape index (κ2) is 7.68. The van der Waals surface area contributed by atoms with Crippen LogP contribution in [-0.4, -0.2) is 39.1 Å². The molecule has 0 spiro atoms. The summed E-state index contributed by atoms with van der Waals surface area (Å²) in [7, 11) is 2.05. The Morgan fingerprint density at radius 3 is 2.92 bits per heavy atom. The molecule has 1 aliphatic rings. The van der Waals surface area contributed by atoms with E-state index in [4.69, 9.17) is 4.74 Å². The van der Waals surface area contributed by atoms with E-state index < -0.39 is 0 Å². The number of para-hydroxylation sites is 1. The number of nitrogens with zero attached hydrogens (tertiary/aromatic N) is 4. The fraction of sp³-hybridized carbons (Fsp3) is 0.300. The first-order chi connectivity index (χ1) is 12.8. The lowest BCUT2D eigenvalue weighted by Gasteiger charge is -2.36. The van der Waals surface area contributed by atoms with Gasteiger partial charge in [-0.2, -0.15) is 0 Å². The Bertz CT molecular complexity index is 848. The third-order valence-corrected chi connectivity index (χ3v) is 4.72. The number of piperazine rings is 1. The zero-order chi connectivity index (χ0) is 17.8. The number of benzene rings is 1. The van der Waals surface area contributed by atoms with Gasteiger partial charge in [-0.15, -0.1) is 0 Å². The fourth-order valence-corrected chi connectivity index (χ4v) is 3.38. The van der Waals surface area contributed by atoms with E-state index in [-0.39, 0.29) is 6.04 Å². The van der Waals surface area contributed by atoms with Crippen LogP contribution in [0.4, 0.5) is 0 Å². The van der Waals surface area contributed by atoms with Crippen LogP contribution >= 0.6 is 0 Å². The third kappa shape index (κ3) is 3.61. The highest BCUT2D eigenvalue weighted by atomic mass is 16.5. The minimum absolute atomic E-state index is 0.246. The smallest absolute Gasteiger partial charge is 0.145 e. The molecule has 1 atom stereocenters. The SMILES string of the molecule is Cn1ccnc1C1CNCCN1Cc1ccccc1Oc1cccnc1. The van der Waals surface area contributed by atoms with Crippen molar-refractivity contribution in [2.75, 3.05) is 19.6 Å². The molecule has 26 heavy (non-hydrogen) atoms. The summed E-state index contributed by atoms with van der Waals surface area (Å²) >= 11 is 0. The van der Waals surface area contributed by atoms with Gasteiger partial charge in [-0.1, -0.05) is 18.2 Å². The first-order valence-electron chi connectivity index (χ1n) is 8.89. The molecule has 2 aromatic heterocycles. The van der Waals surface area contributed by atoms with Crippen LogP contribution in [0.15, 0.2) is 61.2 Å². The molecule has 1 saturated heterocycles. The molecule has 4 rings (SSSR count). The molecule has 1 unspecified atom stereocenters. The molecule has 1 aliphatic heterocycles. The molecule has 0 radical (unpaired) electrons. The van der Waals surface area contributed by atoms with Gasteiger partial charge in [0.2, 0.25) is 0 Å². The van der Waals surface area contributed by atoms with Gasteiger partial charge in [0.25, 0.3) is 0 Å². The molecule has 0 amide bonds. The number of hydrogen-bond acceptors (Lipinski definition) is 5. The van der Waals surface area contributed by atoms with Crippen molar-refractivity contribution < 1.29 is 4.74 Å². The van der Waals surface area contributed by atoms with Crippen LogP contribution in [0.3, 0.4) is 0 Å². The van der Waals surface area contributed by atoms with E-state index in [9.17, 15) is 0 Å². The lowest BCUT2D eigenvalue weighted by atomic mass is 10.1. The van der Waals surface area contributed by atoms with Gasteiger partial charge in [-0.25, -0.2) is 4.98 Å². The number of rotatable bonds is 5. The van der Waals surface area contributed by atoms with Gasteiger partial charge >= 0.3 is 0 Å². The zero-order valence-electron chi connectivity index (χ0n) is 14.9. The Balaban J connectivity index is 1.57. The van der Waals surface area contributed by atoms with Crippen LogP contribution in [0, 0.1) is 0 Å². The van der Waals surface area contributed by atoms with Crippen LogP contribution in [0.1, 0.15) is 17.4 Å². The van der Waals surface area contributed by atoms with Gasteiger partial charge in [0.1, 0.15) is 17.3 Å². The first-order valence-corrected chi connectivity index (χ1v) is 8.89. The average molecular weight is 349 g/mol. The summed E-state index contributed by atoms with van der Waals surface area (Å²) in [4.78, 5) is 11.2. The van der Waals surface area contributed by atoms with Crippen molar-refractivity contribution >= 4 is 0 Å². The largest absolute Gasteiger partial charge is 0.455 e. The van der Waals surface area contributed by atoms with E-state index in [1.54, 1.807) is 12.4 Å². The molecule has 6 nitrogen and oxygen atoms in total. The molecular weight excluding hydrogens is 326 g/mol. The van der Waals surface area contributed by atoms with Crippen LogP contribution < -0.4 is 10.1 Å². The highest BCUT2D eigenvalue weighted by Gasteiger charge is 2.27. The lowest BCUT2D eigenvalue weighted by Crippen LogP contribution is -2.46. The van der Waals surface area contributed by atoms with Crippen LogP contribution in [0.5, 0.6) is 11.5 Å². The summed E-state index contributed by atoms with van der Waals surface area (Å²) < 4.78 is 8.17. The Hall–Kier alpha value is -2.70. The highest BCUT2D eigenvalue weighted by Crippen LogP contribution is 2.29. The molecular formula is C20H23N5O. The number of nitrogens with one attached hydrogen (secondary N) is 1. The average Bonchev–Trinajstić information content (AvgIpc) is 3.10. The van der Waals surface area contributed by atoms with Gasteiger partial charge in [-0.05, 0) is 18.2 Å². The van der Waals surface area contributed by atoms with Crippen LogP contribution in [-0.2, 0) is 13.6 Å². The quantitative estimate of drug-likeness (QED) is 0.768. The normalized spacial score (nSPS) is 18.0. The number of imidazole rings is 1. The van der Waals surface area contributed by atoms with Crippen molar-refractivity contribution in [1.82, 2.24) is 24.8 Å². The van der Waals surface area contributed by atoms with Crippen molar-refractivity contribution in [1.29, 1.82) is 0 Å². The van der Waals surface area contributed by atoms with E-state index in [0.717, 1.165) is 49.1 Å². The van der Waals surface area contributed by atoms with Gasteiger partial charge < -0.3 is 14.6 Å². The molecule has 1 aromatic carbocycles. The number of ether oxygens (including phenoxy) is 1. The number of aryl methyl sites for hydroxylation is 1. The first kappa shape index (κ1) is 16.8. The molecule has 0 bridgehead atoms. The Morgan fingerprint density at radius 2 is 2.12 bits per heavy atom. The van der Waals surface area contributed by atoms with Crippen LogP contribution in [0.25, 0.3) is 0 Å². The van der Waals surface area contributed by atoms with E-state index in [2.05, 4.69) is 43.9 Å². The minimum Gasteiger partial charge on any atom is -0.455 e. The highest BCUT2D eigenvalue weighted by molar-refractivity contribution is 5.37. The predicted molar refractivity (Wildman–Crippen MR) is 100.0 cm³/mol. The van der Waals surface area contributed by atoms with Crippen LogP contribution in [0.2, 0.25) is 0 Å². The number of aromatic nitrogens is 3. The van der Waals surface area contributed by atoms with Crippen molar-refractivity contribution in [2.45, 2.75) is 12.6 Å². The topological polar surface area (TPSA) is 55.2 Å². The molecule has 3 heterocycles. The lowest BCUT2D eigenvalue weighted by molar-refractivity contribution is 0.143. The second-order valence-corrected chi connectivity index (χ2v) is 6.49. The molecule has 0 saturated carbocycles. The van der Waals surface area contributed by atoms with Gasteiger partial charge in [0.15, 0.2) is 0 Å². The molecule has 0 aliphatic carbocycles. The maximum atomic E-state index is 6.08. The number of pyridine rings is 1. The standard InChI is InChI=1S/C20H23N5O/c1-24-11-10-23-20(24)18-14-22-9-12-25(18)15-16-5-2-3-7-19(16)26-17-6-4-8-21-13-17/h2-8,10-11,13,18,22H,9,12,14-15H2,1H3. The monoisotopic (exact) mass is 349 g/mol. The van der Waals surface area contributed by atoms with Crippen molar-refractivity contribution in [3.8, 4) is 11.5 Å². The van der Waals surface area contributed by atoms with E-state index in [0.29, 0.717) is 0 Å². The summed E-state index contributed by atoms with van der Waals surface area (Å²) in [6.07, 6.45) is 7.35. The van der Waals surface area contributed by atoms with E-state index in [1.165, 1.54) is 0 Å². The summed E-state index contributed by atoms with van der Waals surface area (Å²) in [6, 6.07) is 12.3. The third-order valence-electron chi connectivity index (χ3n) is 4.72. The summed E-state index contributed by atoms with van der Waals surface area (Å²) in [5.74, 6) is 2.71. The van der Waals surface area contributed by atoms with E-state index >= 15 is 0 Å². The van der Waals surface area contributed by atoms with Gasteiger partial charge in [0.05, 0.1) is 12.2 Å². The minimum atomic E-state index is 0.246. The molecule has 3 aromatic rings. The summed E-state index contributed by atoms with van der Waals surface area (Å²) in [5, 5.41) is 3.49. The van der Waals surface area contributed by atoms with Crippen molar-refractivity contribution in [3.63, 3.8) is 0 Å². The Morgan fingerprint density at radius 1 is 1.19 bits per heavy atom. The van der Waals surface area contributed by atoms with Crippen molar-refractivity contribution in [2.24, 2.45) is 7.05 Å². The van der Waals surface area contributed by atoms with Gasteiger partial charge in [0, 0.05) is 57.4 Å². The second-order valence-electron chi connectivity index (χ2n) is 6.49. The maximum Gasteiger partial charge on any atom is 0.145 e. The molecule has 1 fully saturated rings. The van der Waals surface area contributed by atoms with Gasteiger partial charge in [-0.3, -0.25) is 9.88 Å². The fourth-order valence-electron chi connectivity index (χ4n) is 3.38. The van der Waals surface area contributed by atoms with E-state index in [1.807, 2.05) is 36.7 Å². The number of hydrogen-bond donors (Lipinski definition) is 1.